The molecule has 0 bridgehead atoms. The van der Waals surface area contributed by atoms with Gasteiger partial charge in [0.05, 0.1) is 13.2 Å². The lowest BCUT2D eigenvalue weighted by Crippen LogP contribution is -2.09. The maximum Gasteiger partial charge on any atom is 0.293 e. The van der Waals surface area contributed by atoms with Crippen LogP contribution in [0.2, 0.25) is 0 Å². The third-order valence-corrected chi connectivity index (χ3v) is 7.23. The maximum absolute atomic E-state index is 12.4. The van der Waals surface area contributed by atoms with E-state index in [1.54, 1.807) is 31.1 Å². The molecule has 0 saturated heterocycles. The van der Waals surface area contributed by atoms with Crippen molar-refractivity contribution in [3.05, 3.63) is 29.8 Å². The Bertz CT molecular complexity index is 960. The van der Waals surface area contributed by atoms with Gasteiger partial charge in [-0.15, -0.1) is 38.9 Å². The van der Waals surface area contributed by atoms with E-state index in [9.17, 15) is 8.42 Å². The predicted octanol–water partition coefficient (Wildman–Crippen LogP) is 5.02. The minimum Gasteiger partial charge on any atom is -0.490 e. The highest BCUT2D eigenvalue weighted by molar-refractivity contribution is 7.92. The van der Waals surface area contributed by atoms with E-state index in [2.05, 4.69) is 4.40 Å². The molecule has 0 spiro atoms. The third kappa shape index (κ3) is 7.04. The van der Waals surface area contributed by atoms with E-state index >= 15 is 0 Å². The highest BCUT2D eigenvalue weighted by Gasteiger charge is 2.18. The van der Waals surface area contributed by atoms with Crippen LogP contribution in [0, 0.1) is 6.92 Å². The van der Waals surface area contributed by atoms with E-state index in [4.69, 9.17) is 32.7 Å². The van der Waals surface area contributed by atoms with Gasteiger partial charge >= 0.3 is 0 Å². The highest BCUT2D eigenvalue weighted by Crippen LogP contribution is 2.39. The van der Waals surface area contributed by atoms with Gasteiger partial charge in [-0.1, -0.05) is 0 Å². The predicted molar refractivity (Wildman–Crippen MR) is 126 cm³/mol. The summed E-state index contributed by atoms with van der Waals surface area (Å²) in [6.07, 6.45) is 2.70. The van der Waals surface area contributed by atoms with Crippen LogP contribution in [0.1, 0.15) is 18.4 Å². The van der Waals surface area contributed by atoms with Gasteiger partial charge in [0.1, 0.15) is 10.5 Å². The Morgan fingerprint density at radius 1 is 1.07 bits per heavy atom. The van der Waals surface area contributed by atoms with Crippen molar-refractivity contribution in [1.82, 2.24) is 4.90 Å². The molecule has 1 aromatic carbocycles. The minimum atomic E-state index is -3.74. The zero-order valence-electron chi connectivity index (χ0n) is 17.2. The number of thiophene rings is 1. The van der Waals surface area contributed by atoms with Gasteiger partial charge in [0.25, 0.3) is 10.0 Å². The third-order valence-electron chi connectivity index (χ3n) is 3.88. The van der Waals surface area contributed by atoms with Crippen LogP contribution < -0.4 is 9.47 Å². The fourth-order valence-corrected chi connectivity index (χ4v) is 4.95. The molecule has 0 amide bonds. The van der Waals surface area contributed by atoms with Crippen LogP contribution in [0.25, 0.3) is 10.4 Å². The molecule has 30 heavy (non-hydrogen) atoms. The molecule has 0 fully saturated rings. The van der Waals surface area contributed by atoms with Crippen molar-refractivity contribution in [3.63, 3.8) is 0 Å². The number of nitrogens with zero attached hydrogens (tertiary/aromatic N) is 2. The Labute approximate surface area is 192 Å². The molecule has 0 unspecified atom stereocenters. The van der Waals surface area contributed by atoms with Crippen molar-refractivity contribution in [2.75, 3.05) is 39.1 Å². The van der Waals surface area contributed by atoms with Crippen LogP contribution in [0.4, 0.5) is 0 Å². The van der Waals surface area contributed by atoms with Crippen molar-refractivity contribution in [2.45, 2.75) is 24.0 Å². The highest BCUT2D eigenvalue weighted by atomic mass is 35.5. The smallest absolute Gasteiger partial charge is 0.293 e. The molecule has 0 saturated carbocycles. The molecule has 2 rings (SSSR count). The fourth-order valence-electron chi connectivity index (χ4n) is 2.44. The van der Waals surface area contributed by atoms with E-state index in [1.165, 1.54) is 17.7 Å². The van der Waals surface area contributed by atoms with Crippen LogP contribution in [0.5, 0.6) is 11.5 Å². The average molecular weight is 493 g/mol. The van der Waals surface area contributed by atoms with Gasteiger partial charge in [0.15, 0.2) is 11.5 Å². The first-order valence-electron chi connectivity index (χ1n) is 9.37. The van der Waals surface area contributed by atoms with Gasteiger partial charge in [0.2, 0.25) is 0 Å². The molecule has 0 aliphatic carbocycles. The van der Waals surface area contributed by atoms with E-state index in [0.717, 1.165) is 22.4 Å². The monoisotopic (exact) mass is 492 g/mol. The van der Waals surface area contributed by atoms with Gasteiger partial charge in [-0.3, -0.25) is 0 Å². The van der Waals surface area contributed by atoms with E-state index < -0.39 is 10.0 Å². The van der Waals surface area contributed by atoms with Crippen molar-refractivity contribution in [2.24, 2.45) is 4.40 Å². The number of alkyl halides is 2. The summed E-state index contributed by atoms with van der Waals surface area (Å²) in [5.41, 5.74) is 1.83. The van der Waals surface area contributed by atoms with E-state index in [-0.39, 0.29) is 4.21 Å². The number of benzene rings is 1. The van der Waals surface area contributed by atoms with Crippen molar-refractivity contribution >= 4 is 50.9 Å². The number of halogens is 2. The Morgan fingerprint density at radius 3 is 2.23 bits per heavy atom. The van der Waals surface area contributed by atoms with Gasteiger partial charge in [-0.25, -0.2) is 0 Å². The maximum atomic E-state index is 12.4. The summed E-state index contributed by atoms with van der Waals surface area (Å²) < 4.78 is 40.4. The summed E-state index contributed by atoms with van der Waals surface area (Å²) in [5.74, 6) is 2.25. The molecule has 6 nitrogen and oxygen atoms in total. The van der Waals surface area contributed by atoms with Crippen molar-refractivity contribution in [3.8, 4) is 21.9 Å². The molecule has 166 valence electrons. The molecule has 10 heteroatoms. The number of aryl methyl sites for hydroxylation is 1. The SMILES string of the molecule is Cc1cc(OCCCCl)c(OCCCCl)cc1-c1ccc(S(=O)(=O)N=CN(C)C)s1. The topological polar surface area (TPSA) is 68.2 Å². The van der Waals surface area contributed by atoms with E-state index in [1.807, 2.05) is 19.1 Å². The summed E-state index contributed by atoms with van der Waals surface area (Å²) in [7, 11) is -0.317. The Morgan fingerprint density at radius 2 is 1.67 bits per heavy atom. The Balaban J connectivity index is 2.36. The summed E-state index contributed by atoms with van der Waals surface area (Å²) >= 11 is 12.7. The molecule has 0 aliphatic heterocycles. The van der Waals surface area contributed by atoms with Crippen LogP contribution in [-0.2, 0) is 10.0 Å². The summed E-state index contributed by atoms with van der Waals surface area (Å²) in [5, 5.41) is 0. The molecule has 0 radical (unpaired) electrons. The standard InChI is InChI=1S/C20H26Cl2N2O4S2/c1-15-12-17(27-10-4-8-21)18(28-11-5-9-22)13-16(15)19-6-7-20(29-19)30(25,26)23-14-24(2)3/h6-7,12-14H,4-5,8-11H2,1-3H3. The lowest BCUT2D eigenvalue weighted by molar-refractivity contribution is 0.269. The van der Waals surface area contributed by atoms with E-state index in [0.29, 0.717) is 42.9 Å². The van der Waals surface area contributed by atoms with Gasteiger partial charge in [0, 0.05) is 30.7 Å². The lowest BCUT2D eigenvalue weighted by atomic mass is 10.1. The number of hydrogen-bond donors (Lipinski definition) is 0. The molecule has 0 N–H and O–H groups in total. The number of ether oxygens (including phenoxy) is 2. The lowest BCUT2D eigenvalue weighted by Gasteiger charge is -2.15. The first kappa shape index (κ1) is 24.8. The van der Waals surface area contributed by atoms with Crippen LogP contribution in [-0.4, -0.2) is 58.7 Å². The van der Waals surface area contributed by atoms with Gasteiger partial charge in [-0.2, -0.15) is 8.42 Å². The van der Waals surface area contributed by atoms with Gasteiger partial charge < -0.3 is 14.4 Å². The molecular formula is C20H26Cl2N2O4S2. The second-order valence-electron chi connectivity index (χ2n) is 6.67. The Hall–Kier alpha value is -1.48. The number of sulfonamides is 1. The van der Waals surface area contributed by atoms with Crippen LogP contribution in [0.3, 0.4) is 0 Å². The first-order chi connectivity index (χ1) is 14.3. The zero-order valence-corrected chi connectivity index (χ0v) is 20.4. The molecule has 1 aromatic heterocycles. The first-order valence-corrected chi connectivity index (χ1v) is 12.7. The molecular weight excluding hydrogens is 467 g/mol. The molecule has 1 heterocycles. The summed E-state index contributed by atoms with van der Waals surface area (Å²) in [6, 6.07) is 7.13. The number of rotatable bonds is 12. The second kappa shape index (κ2) is 11.8. The van der Waals surface area contributed by atoms with Crippen molar-refractivity contribution < 1.29 is 17.9 Å². The summed E-state index contributed by atoms with van der Waals surface area (Å²) in [6.45, 7) is 2.89. The normalized spacial score (nSPS) is 11.8. The molecule has 2 aromatic rings. The van der Waals surface area contributed by atoms with Crippen LogP contribution >= 0.6 is 34.5 Å². The average Bonchev–Trinajstić information content (AvgIpc) is 3.19. The van der Waals surface area contributed by atoms with Crippen molar-refractivity contribution in [1.29, 1.82) is 0 Å². The minimum absolute atomic E-state index is 0.182. The fraction of sp³-hybridized carbons (Fsp3) is 0.450. The zero-order chi connectivity index (χ0) is 22.1. The van der Waals surface area contributed by atoms with Crippen LogP contribution in [0.15, 0.2) is 32.9 Å². The molecule has 0 atom stereocenters. The number of hydrogen-bond acceptors (Lipinski definition) is 5. The van der Waals surface area contributed by atoms with Gasteiger partial charge in [-0.05, 0) is 55.2 Å². The Kier molecular flexibility index (Phi) is 9.74. The summed E-state index contributed by atoms with van der Waals surface area (Å²) in [4.78, 5) is 2.38. The molecule has 0 aliphatic rings. The quantitative estimate of drug-likeness (QED) is 0.180. The second-order valence-corrected chi connectivity index (χ2v) is 10.4. The largest absolute Gasteiger partial charge is 0.490 e.